The Kier molecular flexibility index (Phi) is 3.37. The molecule has 2 aromatic heterocycles. The molecule has 1 aliphatic rings. The second kappa shape index (κ2) is 5.05. The van der Waals surface area contributed by atoms with E-state index in [0.717, 1.165) is 23.9 Å². The lowest BCUT2D eigenvalue weighted by Crippen LogP contribution is -2.32. The highest BCUT2D eigenvalue weighted by molar-refractivity contribution is 9.10. The van der Waals surface area contributed by atoms with Crippen molar-refractivity contribution in [3.8, 4) is 0 Å². The number of aromatic nitrogens is 3. The SMILES string of the molecule is Cc1nc(C2CCCN2C(=O)c2cc(Br)cn2C)no1. The number of aryl methyl sites for hydroxylation is 2. The number of carbonyl (C=O) groups is 1. The van der Waals surface area contributed by atoms with Crippen LogP contribution >= 0.6 is 15.9 Å². The predicted molar refractivity (Wildman–Crippen MR) is 75.2 cm³/mol. The standard InChI is InChI=1S/C13H15BrN4O2/c1-8-15-12(16-20-8)10-4-3-5-18(10)13(19)11-6-9(14)7-17(11)2/h6-7,10H,3-5H2,1-2H3. The number of likely N-dealkylation sites (tertiary alicyclic amines) is 1. The average molecular weight is 339 g/mol. The fourth-order valence-electron chi connectivity index (χ4n) is 2.61. The molecule has 1 fully saturated rings. The first-order valence-electron chi connectivity index (χ1n) is 6.49. The Balaban J connectivity index is 1.89. The van der Waals surface area contributed by atoms with Gasteiger partial charge in [-0.15, -0.1) is 0 Å². The zero-order valence-electron chi connectivity index (χ0n) is 11.3. The van der Waals surface area contributed by atoms with Crippen molar-refractivity contribution in [1.82, 2.24) is 19.6 Å². The molecule has 1 unspecified atom stereocenters. The number of carbonyl (C=O) groups excluding carboxylic acids is 1. The highest BCUT2D eigenvalue weighted by Crippen LogP contribution is 2.32. The van der Waals surface area contributed by atoms with Crippen LogP contribution in [0.25, 0.3) is 0 Å². The number of rotatable bonds is 2. The summed E-state index contributed by atoms with van der Waals surface area (Å²) in [5.41, 5.74) is 0.656. The van der Waals surface area contributed by atoms with E-state index >= 15 is 0 Å². The van der Waals surface area contributed by atoms with E-state index in [1.807, 2.05) is 28.8 Å². The molecule has 1 aliphatic heterocycles. The third kappa shape index (κ3) is 2.26. The van der Waals surface area contributed by atoms with Gasteiger partial charge in [-0.1, -0.05) is 5.16 Å². The Morgan fingerprint density at radius 3 is 2.95 bits per heavy atom. The molecule has 2 aromatic rings. The van der Waals surface area contributed by atoms with E-state index in [-0.39, 0.29) is 11.9 Å². The minimum Gasteiger partial charge on any atom is -0.345 e. The molecule has 3 heterocycles. The summed E-state index contributed by atoms with van der Waals surface area (Å²) in [6.45, 7) is 2.48. The zero-order chi connectivity index (χ0) is 14.3. The Morgan fingerprint density at radius 2 is 2.35 bits per heavy atom. The van der Waals surface area contributed by atoms with E-state index < -0.39 is 0 Å². The van der Waals surface area contributed by atoms with Crippen LogP contribution < -0.4 is 0 Å². The molecule has 0 spiro atoms. The van der Waals surface area contributed by atoms with Gasteiger partial charge in [-0.2, -0.15) is 4.98 Å². The zero-order valence-corrected chi connectivity index (χ0v) is 12.9. The Morgan fingerprint density at radius 1 is 1.55 bits per heavy atom. The molecule has 1 atom stereocenters. The molecule has 3 rings (SSSR count). The monoisotopic (exact) mass is 338 g/mol. The average Bonchev–Trinajstić information content (AvgIpc) is 3.08. The van der Waals surface area contributed by atoms with Gasteiger partial charge in [-0.05, 0) is 34.8 Å². The lowest BCUT2D eigenvalue weighted by atomic mass is 10.2. The van der Waals surface area contributed by atoms with Gasteiger partial charge in [-0.25, -0.2) is 0 Å². The summed E-state index contributed by atoms with van der Waals surface area (Å²) < 4.78 is 7.75. The van der Waals surface area contributed by atoms with Crippen LogP contribution in [0.2, 0.25) is 0 Å². The summed E-state index contributed by atoms with van der Waals surface area (Å²) in [5.74, 6) is 1.13. The second-order valence-corrected chi connectivity index (χ2v) is 5.90. The number of nitrogens with zero attached hydrogens (tertiary/aromatic N) is 4. The van der Waals surface area contributed by atoms with Crippen molar-refractivity contribution in [1.29, 1.82) is 0 Å². The van der Waals surface area contributed by atoms with Crippen LogP contribution in [-0.4, -0.2) is 32.1 Å². The molecule has 6 nitrogen and oxygen atoms in total. The van der Waals surface area contributed by atoms with E-state index in [9.17, 15) is 4.79 Å². The molecule has 0 aliphatic carbocycles. The lowest BCUT2D eigenvalue weighted by molar-refractivity contribution is 0.0718. The third-order valence-corrected chi connectivity index (χ3v) is 3.98. The maximum atomic E-state index is 12.7. The Bertz CT molecular complexity index is 649. The van der Waals surface area contributed by atoms with Crippen LogP contribution in [0.15, 0.2) is 21.3 Å². The second-order valence-electron chi connectivity index (χ2n) is 4.98. The maximum Gasteiger partial charge on any atom is 0.271 e. The number of hydrogen-bond donors (Lipinski definition) is 0. The summed E-state index contributed by atoms with van der Waals surface area (Å²) >= 11 is 3.39. The Labute approximate surface area is 124 Å². The Hall–Kier alpha value is -1.63. The van der Waals surface area contributed by atoms with Crippen LogP contribution in [0, 0.1) is 6.92 Å². The fourth-order valence-corrected chi connectivity index (χ4v) is 3.14. The molecule has 7 heteroatoms. The molecular formula is C13H15BrN4O2. The maximum absolute atomic E-state index is 12.7. The molecule has 0 aromatic carbocycles. The van der Waals surface area contributed by atoms with Gasteiger partial charge >= 0.3 is 0 Å². The first-order valence-corrected chi connectivity index (χ1v) is 7.28. The topological polar surface area (TPSA) is 64.2 Å². The van der Waals surface area contributed by atoms with Crippen LogP contribution in [0.1, 0.15) is 41.1 Å². The van der Waals surface area contributed by atoms with E-state index in [0.29, 0.717) is 17.4 Å². The number of hydrogen-bond acceptors (Lipinski definition) is 4. The van der Waals surface area contributed by atoms with Crippen molar-refractivity contribution < 1.29 is 9.32 Å². The number of halogens is 1. The highest BCUT2D eigenvalue weighted by Gasteiger charge is 2.34. The summed E-state index contributed by atoms with van der Waals surface area (Å²) in [4.78, 5) is 18.8. The quantitative estimate of drug-likeness (QED) is 0.843. The molecule has 106 valence electrons. The van der Waals surface area contributed by atoms with Gasteiger partial charge in [0.2, 0.25) is 5.89 Å². The summed E-state index contributed by atoms with van der Waals surface area (Å²) in [7, 11) is 1.86. The van der Waals surface area contributed by atoms with Crippen molar-refractivity contribution in [3.05, 3.63) is 34.1 Å². The van der Waals surface area contributed by atoms with Gasteiger partial charge < -0.3 is 14.0 Å². The normalized spacial score (nSPS) is 18.8. The van der Waals surface area contributed by atoms with Crippen molar-refractivity contribution in [2.45, 2.75) is 25.8 Å². The van der Waals surface area contributed by atoms with Crippen molar-refractivity contribution in [2.75, 3.05) is 6.54 Å². The van der Waals surface area contributed by atoms with Gasteiger partial charge in [0.1, 0.15) is 5.69 Å². The number of amides is 1. The minimum atomic E-state index is -0.0892. The largest absolute Gasteiger partial charge is 0.345 e. The minimum absolute atomic E-state index is 0.00292. The van der Waals surface area contributed by atoms with E-state index in [1.165, 1.54) is 0 Å². The molecular weight excluding hydrogens is 324 g/mol. The van der Waals surface area contributed by atoms with Crippen LogP contribution in [0.4, 0.5) is 0 Å². The van der Waals surface area contributed by atoms with Crippen molar-refractivity contribution in [2.24, 2.45) is 7.05 Å². The van der Waals surface area contributed by atoms with Crippen molar-refractivity contribution >= 4 is 21.8 Å². The van der Waals surface area contributed by atoms with Gasteiger partial charge in [0, 0.05) is 31.2 Å². The lowest BCUT2D eigenvalue weighted by Gasteiger charge is -2.22. The van der Waals surface area contributed by atoms with Gasteiger partial charge in [-0.3, -0.25) is 4.79 Å². The van der Waals surface area contributed by atoms with Crippen LogP contribution in [0.5, 0.6) is 0 Å². The van der Waals surface area contributed by atoms with E-state index in [2.05, 4.69) is 26.1 Å². The highest BCUT2D eigenvalue weighted by atomic mass is 79.9. The van der Waals surface area contributed by atoms with Gasteiger partial charge in [0.05, 0.1) is 6.04 Å². The van der Waals surface area contributed by atoms with Crippen LogP contribution in [-0.2, 0) is 7.05 Å². The molecule has 1 saturated heterocycles. The summed E-state index contributed by atoms with van der Waals surface area (Å²) in [6.07, 6.45) is 3.70. The third-order valence-electron chi connectivity index (χ3n) is 3.55. The van der Waals surface area contributed by atoms with E-state index in [1.54, 1.807) is 6.92 Å². The smallest absolute Gasteiger partial charge is 0.271 e. The van der Waals surface area contributed by atoms with Gasteiger partial charge in [0.15, 0.2) is 5.82 Å². The van der Waals surface area contributed by atoms with Crippen molar-refractivity contribution in [3.63, 3.8) is 0 Å². The molecule has 0 radical (unpaired) electrons. The molecule has 20 heavy (non-hydrogen) atoms. The van der Waals surface area contributed by atoms with Gasteiger partial charge in [0.25, 0.3) is 5.91 Å². The first-order chi connectivity index (χ1) is 9.56. The van der Waals surface area contributed by atoms with Crippen LogP contribution in [0.3, 0.4) is 0 Å². The predicted octanol–water partition coefficient (Wildman–Crippen LogP) is 2.46. The molecule has 0 saturated carbocycles. The summed E-state index contributed by atoms with van der Waals surface area (Å²) in [6, 6.07) is 1.74. The van der Waals surface area contributed by atoms with E-state index in [4.69, 9.17) is 4.52 Å². The molecule has 0 N–H and O–H groups in total. The molecule has 1 amide bonds. The molecule has 0 bridgehead atoms. The fraction of sp³-hybridized carbons (Fsp3) is 0.462. The summed E-state index contributed by atoms with van der Waals surface area (Å²) in [5, 5.41) is 3.96. The first kappa shape index (κ1) is 13.4.